The lowest BCUT2D eigenvalue weighted by Crippen LogP contribution is -2.30. The third-order valence-electron chi connectivity index (χ3n) is 4.63. The zero-order valence-electron chi connectivity index (χ0n) is 15.2. The third-order valence-corrected chi connectivity index (χ3v) is 4.63. The zero-order valence-corrected chi connectivity index (χ0v) is 15.2. The Morgan fingerprint density at radius 3 is 2.59 bits per heavy atom. The minimum atomic E-state index is -4.45. The smallest absolute Gasteiger partial charge is 0.370 e. The number of rotatable bonds is 5. The van der Waals surface area contributed by atoms with E-state index in [2.05, 4.69) is 10.4 Å². The van der Waals surface area contributed by atoms with Crippen molar-refractivity contribution in [3.8, 4) is 0 Å². The largest absolute Gasteiger partial charge is 0.416 e. The van der Waals surface area contributed by atoms with E-state index < -0.39 is 11.7 Å². The molecule has 1 N–H and O–H groups in total. The monoisotopic (exact) mass is 380 g/mol. The van der Waals surface area contributed by atoms with Gasteiger partial charge in [-0.2, -0.15) is 18.3 Å². The minimum Gasteiger partial charge on any atom is -0.370 e. The maximum atomic E-state index is 13.1. The van der Waals surface area contributed by atoms with Gasteiger partial charge in [0, 0.05) is 32.3 Å². The molecule has 3 rings (SSSR count). The second-order valence-electron chi connectivity index (χ2n) is 6.86. The number of nitrogens with one attached hydrogen (secondary N) is 1. The van der Waals surface area contributed by atoms with Crippen LogP contribution in [0, 0.1) is 6.92 Å². The van der Waals surface area contributed by atoms with Crippen molar-refractivity contribution in [1.82, 2.24) is 9.78 Å². The average Bonchev–Trinajstić information content (AvgIpc) is 3.05. The van der Waals surface area contributed by atoms with Gasteiger partial charge in [0.15, 0.2) is 0 Å². The highest BCUT2D eigenvalue weighted by atomic mass is 19.4. The standard InChI is InChI=1S/C19H23F3N4O/c1-14-12-23-26(13-14)10-7-18(27)24-16-11-15(19(20,21)22)5-6-17(16)25-8-3-2-4-9-25/h5-6,11-13H,2-4,7-10H2,1H3,(H,24,27). The fourth-order valence-electron chi connectivity index (χ4n) is 3.24. The molecule has 0 bridgehead atoms. The highest BCUT2D eigenvalue weighted by Gasteiger charge is 2.31. The predicted molar refractivity (Wildman–Crippen MR) is 97.7 cm³/mol. The quantitative estimate of drug-likeness (QED) is 0.845. The molecule has 1 aliphatic heterocycles. The normalized spacial score (nSPS) is 15.0. The van der Waals surface area contributed by atoms with Crippen LogP contribution in [0.2, 0.25) is 0 Å². The first-order valence-electron chi connectivity index (χ1n) is 9.08. The molecular formula is C19H23F3N4O. The van der Waals surface area contributed by atoms with Gasteiger partial charge in [0.1, 0.15) is 0 Å². The second kappa shape index (κ2) is 8.02. The molecule has 5 nitrogen and oxygen atoms in total. The molecule has 27 heavy (non-hydrogen) atoms. The number of amides is 1. The van der Waals surface area contributed by atoms with Crippen LogP contribution in [0.15, 0.2) is 30.6 Å². The number of carbonyl (C=O) groups is 1. The molecule has 1 aromatic heterocycles. The van der Waals surface area contributed by atoms with E-state index in [1.54, 1.807) is 10.9 Å². The van der Waals surface area contributed by atoms with E-state index in [4.69, 9.17) is 0 Å². The van der Waals surface area contributed by atoms with E-state index in [0.717, 1.165) is 50.0 Å². The fraction of sp³-hybridized carbons (Fsp3) is 0.474. The maximum Gasteiger partial charge on any atom is 0.416 e. The van der Waals surface area contributed by atoms with Crippen LogP contribution >= 0.6 is 0 Å². The minimum absolute atomic E-state index is 0.136. The van der Waals surface area contributed by atoms with Crippen LogP contribution in [-0.2, 0) is 17.5 Å². The molecule has 2 heterocycles. The molecule has 1 aliphatic rings. The molecule has 1 aromatic carbocycles. The maximum absolute atomic E-state index is 13.1. The molecule has 1 saturated heterocycles. The number of carbonyl (C=O) groups excluding carboxylic acids is 1. The van der Waals surface area contributed by atoms with E-state index in [1.165, 1.54) is 6.07 Å². The Morgan fingerprint density at radius 2 is 1.96 bits per heavy atom. The lowest BCUT2D eigenvalue weighted by molar-refractivity contribution is -0.137. The van der Waals surface area contributed by atoms with Crippen LogP contribution in [0.3, 0.4) is 0 Å². The summed E-state index contributed by atoms with van der Waals surface area (Å²) < 4.78 is 41.0. The summed E-state index contributed by atoms with van der Waals surface area (Å²) in [5.41, 5.74) is 1.08. The van der Waals surface area contributed by atoms with Crippen molar-refractivity contribution in [1.29, 1.82) is 0 Å². The molecule has 0 radical (unpaired) electrons. The number of aryl methyl sites for hydroxylation is 2. The van der Waals surface area contributed by atoms with E-state index in [-0.39, 0.29) is 18.0 Å². The molecule has 0 unspecified atom stereocenters. The number of anilines is 2. The molecule has 146 valence electrons. The van der Waals surface area contributed by atoms with Crippen molar-refractivity contribution < 1.29 is 18.0 Å². The number of hydrogen-bond donors (Lipinski definition) is 1. The predicted octanol–water partition coefficient (Wildman–Crippen LogP) is 4.23. The molecule has 0 aliphatic carbocycles. The number of piperidine rings is 1. The van der Waals surface area contributed by atoms with Gasteiger partial charge in [0.2, 0.25) is 5.91 Å². The van der Waals surface area contributed by atoms with E-state index in [0.29, 0.717) is 12.2 Å². The van der Waals surface area contributed by atoms with Crippen molar-refractivity contribution in [2.75, 3.05) is 23.3 Å². The van der Waals surface area contributed by atoms with Gasteiger partial charge in [0.25, 0.3) is 0 Å². The van der Waals surface area contributed by atoms with E-state index in [9.17, 15) is 18.0 Å². The molecule has 0 atom stereocenters. The number of hydrogen-bond acceptors (Lipinski definition) is 3. The molecule has 0 spiro atoms. The summed E-state index contributed by atoms with van der Waals surface area (Å²) in [5, 5.41) is 6.79. The summed E-state index contributed by atoms with van der Waals surface area (Å²) in [7, 11) is 0. The van der Waals surface area contributed by atoms with Gasteiger partial charge >= 0.3 is 6.18 Å². The van der Waals surface area contributed by atoms with Crippen molar-refractivity contribution in [2.45, 2.75) is 45.3 Å². The first-order valence-corrected chi connectivity index (χ1v) is 9.08. The Labute approximate surface area is 156 Å². The molecule has 8 heteroatoms. The van der Waals surface area contributed by atoms with Crippen LogP contribution < -0.4 is 10.2 Å². The first kappa shape index (κ1) is 19.3. The van der Waals surface area contributed by atoms with Crippen LogP contribution in [0.4, 0.5) is 24.5 Å². The number of nitrogens with zero attached hydrogens (tertiary/aromatic N) is 3. The average molecular weight is 380 g/mol. The van der Waals surface area contributed by atoms with Gasteiger partial charge in [-0.3, -0.25) is 9.48 Å². The van der Waals surface area contributed by atoms with Crippen molar-refractivity contribution in [3.05, 3.63) is 41.7 Å². The summed E-state index contributed by atoms with van der Waals surface area (Å²) in [5.74, 6) is -0.333. The van der Waals surface area contributed by atoms with Crippen molar-refractivity contribution in [3.63, 3.8) is 0 Å². The molecule has 0 saturated carbocycles. The van der Waals surface area contributed by atoms with E-state index in [1.807, 2.05) is 18.0 Å². The second-order valence-corrected chi connectivity index (χ2v) is 6.86. The Bertz CT molecular complexity index is 794. The van der Waals surface area contributed by atoms with Gasteiger partial charge in [-0.25, -0.2) is 0 Å². The van der Waals surface area contributed by atoms with Gasteiger partial charge in [0.05, 0.1) is 23.1 Å². The van der Waals surface area contributed by atoms with Gasteiger partial charge < -0.3 is 10.2 Å². The van der Waals surface area contributed by atoms with Crippen LogP contribution in [-0.4, -0.2) is 28.8 Å². The third kappa shape index (κ3) is 5.02. The number of halogens is 3. The Hall–Kier alpha value is -2.51. The molecular weight excluding hydrogens is 357 g/mol. The van der Waals surface area contributed by atoms with Crippen LogP contribution in [0.5, 0.6) is 0 Å². The van der Waals surface area contributed by atoms with E-state index >= 15 is 0 Å². The molecule has 1 fully saturated rings. The fourth-order valence-corrected chi connectivity index (χ4v) is 3.24. The number of aromatic nitrogens is 2. The summed E-state index contributed by atoms with van der Waals surface area (Å²) in [6.45, 7) is 3.83. The highest BCUT2D eigenvalue weighted by Crippen LogP contribution is 2.36. The number of benzene rings is 1. The van der Waals surface area contributed by atoms with Gasteiger partial charge in [-0.15, -0.1) is 0 Å². The molecule has 1 amide bonds. The summed E-state index contributed by atoms with van der Waals surface area (Å²) >= 11 is 0. The summed E-state index contributed by atoms with van der Waals surface area (Å²) in [6, 6.07) is 3.56. The Morgan fingerprint density at radius 1 is 1.22 bits per heavy atom. The SMILES string of the molecule is Cc1cnn(CCC(=O)Nc2cc(C(F)(F)F)ccc2N2CCCCC2)c1. The van der Waals surface area contributed by atoms with Gasteiger partial charge in [-0.1, -0.05) is 0 Å². The highest BCUT2D eigenvalue weighted by molar-refractivity contribution is 5.94. The first-order chi connectivity index (χ1) is 12.8. The number of alkyl halides is 3. The van der Waals surface area contributed by atoms with Crippen LogP contribution in [0.1, 0.15) is 36.8 Å². The van der Waals surface area contributed by atoms with Crippen LogP contribution in [0.25, 0.3) is 0 Å². The zero-order chi connectivity index (χ0) is 19.4. The molecule has 2 aromatic rings. The Kier molecular flexibility index (Phi) is 5.72. The topological polar surface area (TPSA) is 50.2 Å². The lowest BCUT2D eigenvalue weighted by Gasteiger charge is -2.31. The van der Waals surface area contributed by atoms with Crippen molar-refractivity contribution in [2.24, 2.45) is 0 Å². The van der Waals surface area contributed by atoms with Gasteiger partial charge in [-0.05, 0) is 49.9 Å². The summed E-state index contributed by atoms with van der Waals surface area (Å²) in [4.78, 5) is 14.4. The lowest BCUT2D eigenvalue weighted by atomic mass is 10.1. The Balaban J connectivity index is 1.76. The van der Waals surface area contributed by atoms with Crippen molar-refractivity contribution >= 4 is 17.3 Å². The summed E-state index contributed by atoms with van der Waals surface area (Å²) in [6.07, 6.45) is 2.29.